The molecule has 18 heteroatoms. The number of hydrogen-bond donors (Lipinski definition) is 12. The summed E-state index contributed by atoms with van der Waals surface area (Å²) in [6.45, 7) is 3.76. The molecule has 17 atom stereocenters. The average molecular weight is 941 g/mol. The minimum Gasteiger partial charge on any atom is -0.481 e. The van der Waals surface area contributed by atoms with E-state index in [9.17, 15) is 70.9 Å². The number of carboxylic acids is 1. The van der Waals surface area contributed by atoms with Crippen molar-refractivity contribution in [3.8, 4) is 0 Å². The number of carbonyl (C=O) groups excluding carboxylic acids is 1. The largest absolute Gasteiger partial charge is 0.481 e. The molecule has 66 heavy (non-hydrogen) atoms. The van der Waals surface area contributed by atoms with Gasteiger partial charge in [-0.2, -0.15) is 0 Å². The Hall–Kier alpha value is -3.44. The molecule has 0 bridgehead atoms. The Bertz CT molecular complexity index is 1580. The maximum Gasteiger partial charge on any atom is 0.311 e. The first-order valence-electron chi connectivity index (χ1n) is 22.8. The van der Waals surface area contributed by atoms with E-state index in [2.05, 4.69) is 0 Å². The van der Waals surface area contributed by atoms with Gasteiger partial charge in [-0.3, -0.25) is 9.59 Å². The molecule has 0 aromatic rings. The van der Waals surface area contributed by atoms with E-state index in [0.717, 1.165) is 0 Å². The van der Waals surface area contributed by atoms with Gasteiger partial charge in [0.1, 0.15) is 24.2 Å². The van der Waals surface area contributed by atoms with Crippen LogP contribution in [-0.4, -0.2) is 179 Å². The smallest absolute Gasteiger partial charge is 0.311 e. The van der Waals surface area contributed by atoms with Crippen molar-refractivity contribution in [1.82, 2.24) is 0 Å². The van der Waals surface area contributed by atoms with Crippen molar-refractivity contribution in [3.63, 3.8) is 0 Å². The summed E-state index contributed by atoms with van der Waals surface area (Å²) in [6.07, 6.45) is 5.30. The fourth-order valence-electron chi connectivity index (χ4n) is 7.43. The van der Waals surface area contributed by atoms with Crippen LogP contribution in [0.25, 0.3) is 0 Å². The molecule has 2 aliphatic heterocycles. The third-order valence-electron chi connectivity index (χ3n) is 11.6. The van der Waals surface area contributed by atoms with Crippen LogP contribution in [0.4, 0.5) is 0 Å². The Balaban J connectivity index is 2.38. The molecule has 1 saturated heterocycles. The van der Waals surface area contributed by atoms with Crippen molar-refractivity contribution in [1.29, 1.82) is 0 Å². The lowest BCUT2D eigenvalue weighted by Gasteiger charge is -2.38. The predicted molar refractivity (Wildman–Crippen MR) is 242 cm³/mol. The van der Waals surface area contributed by atoms with Crippen LogP contribution in [-0.2, 0) is 28.5 Å². The van der Waals surface area contributed by atoms with E-state index in [1.54, 1.807) is 80.7 Å². The van der Waals surface area contributed by atoms with Gasteiger partial charge in [0.15, 0.2) is 6.29 Å². The summed E-state index contributed by atoms with van der Waals surface area (Å²) >= 11 is 0. The lowest BCUT2D eigenvalue weighted by molar-refractivity contribution is -0.267. The molecule has 2 aliphatic rings. The van der Waals surface area contributed by atoms with Crippen LogP contribution >= 0.6 is 0 Å². The van der Waals surface area contributed by atoms with E-state index in [4.69, 9.17) is 18.9 Å². The number of carbonyl (C=O) groups is 2. The fraction of sp³-hybridized carbons (Fsp3) is 0.667. The van der Waals surface area contributed by atoms with E-state index < -0.39 is 129 Å². The number of aliphatic hydroxyl groups excluding tert-OH is 11. The number of aliphatic hydroxyl groups is 11. The van der Waals surface area contributed by atoms with Crippen LogP contribution in [0.2, 0.25) is 0 Å². The fourth-order valence-corrected chi connectivity index (χ4v) is 7.43. The van der Waals surface area contributed by atoms with Crippen molar-refractivity contribution in [2.45, 2.75) is 164 Å². The van der Waals surface area contributed by atoms with Crippen LogP contribution in [0.5, 0.6) is 0 Å². The quantitative estimate of drug-likeness (QED) is 0.151. The molecule has 0 aromatic carbocycles. The van der Waals surface area contributed by atoms with Gasteiger partial charge in [0.05, 0.1) is 74.1 Å². The zero-order valence-corrected chi connectivity index (χ0v) is 38.2. The maximum atomic E-state index is 12.6. The summed E-state index contributed by atoms with van der Waals surface area (Å²) in [5, 5.41) is 125. The molecule has 0 aliphatic carbocycles. The Labute approximate surface area is 387 Å². The monoisotopic (exact) mass is 941 g/mol. The lowest BCUT2D eigenvalue weighted by Crippen LogP contribution is -2.51. The van der Waals surface area contributed by atoms with Gasteiger partial charge in [-0.05, 0) is 39.0 Å². The van der Waals surface area contributed by atoms with Gasteiger partial charge in [0.2, 0.25) is 0 Å². The molecule has 0 radical (unpaired) electrons. The van der Waals surface area contributed by atoms with Gasteiger partial charge < -0.3 is 80.2 Å². The summed E-state index contributed by atoms with van der Waals surface area (Å²) in [5.74, 6) is -4.51. The van der Waals surface area contributed by atoms with Gasteiger partial charge in [0.25, 0.3) is 0 Å². The van der Waals surface area contributed by atoms with E-state index in [1.807, 2.05) is 25.2 Å². The number of esters is 1. The first-order chi connectivity index (χ1) is 31.4. The first-order valence-corrected chi connectivity index (χ1v) is 22.8. The lowest BCUT2D eigenvalue weighted by atomic mass is 9.89. The number of allylic oxidation sites excluding steroid dienone is 12. The molecule has 0 spiro atoms. The third-order valence-corrected chi connectivity index (χ3v) is 11.6. The van der Waals surface area contributed by atoms with Crippen molar-refractivity contribution in [2.75, 3.05) is 19.8 Å². The third kappa shape index (κ3) is 22.6. The number of cyclic esters (lactones) is 1. The number of hydrogen-bond acceptors (Lipinski definition) is 17. The molecular formula is C48H76O18. The van der Waals surface area contributed by atoms with Crippen molar-refractivity contribution in [2.24, 2.45) is 17.8 Å². The highest BCUT2D eigenvalue weighted by molar-refractivity contribution is 5.71. The van der Waals surface area contributed by atoms with Gasteiger partial charge >= 0.3 is 11.9 Å². The van der Waals surface area contributed by atoms with Gasteiger partial charge in [-0.1, -0.05) is 98.9 Å². The highest BCUT2D eigenvalue weighted by Crippen LogP contribution is 2.28. The van der Waals surface area contributed by atoms with Crippen LogP contribution in [0, 0.1) is 17.8 Å². The summed E-state index contributed by atoms with van der Waals surface area (Å²) in [6, 6.07) is 0. The van der Waals surface area contributed by atoms with Crippen LogP contribution in [0.1, 0.15) is 78.6 Å². The standard InChI is InChI=1S/C48H76O18/c1-30-16-14-12-10-8-6-4-5-7-9-11-13-15-17-36(65-44-28-40(57)47(60)42(29-50)66-44)27-41(45(48(61)62)38(55)20-22-49)63-23-21-34(52)25-39(56)37(54)19-18-33(51)24-35(53)26-43(58)64-32(3)31(2)46(30)59/h4-17,30-42,44-47,49-57,59-60H,18-29H2,1-3H3,(H,61,62)/b5-4+,8-6+,9-7+,12-10+,13-11+,16-14+,17-15+/t30-,31-,32-,33?,34?,35?,36?,37?,38-,39?,40?,41-,42?,44?,45?,46+,47?/m0/s1. The van der Waals surface area contributed by atoms with Crippen LogP contribution in [0.3, 0.4) is 0 Å². The van der Waals surface area contributed by atoms with Crippen molar-refractivity contribution < 1.29 is 89.8 Å². The maximum absolute atomic E-state index is 12.6. The molecule has 1 fully saturated rings. The normalized spacial score (nSPS) is 39.5. The van der Waals surface area contributed by atoms with E-state index in [1.165, 1.54) is 0 Å². The summed E-state index contributed by atoms with van der Waals surface area (Å²) in [7, 11) is 0. The molecular weight excluding hydrogens is 865 g/mol. The predicted octanol–water partition coefficient (Wildman–Crippen LogP) is 1.04. The molecule has 18 nitrogen and oxygen atoms in total. The van der Waals surface area contributed by atoms with Gasteiger partial charge in [0, 0.05) is 44.3 Å². The van der Waals surface area contributed by atoms with Gasteiger partial charge in [-0.15, -0.1) is 0 Å². The molecule has 11 unspecified atom stereocenters. The van der Waals surface area contributed by atoms with Crippen molar-refractivity contribution in [3.05, 3.63) is 85.1 Å². The number of rotatable bonds is 8. The SMILES string of the molecule is C[C@@H]1[C@H](O)[C@@H](C)/C=C/C=C/C=C/C=C/C=C/C=C/C=C/C(OC2CC(O)C(O)C(CO)O2)C[C@@H](C(C(=O)O)[C@@H](O)CCO)OCCC(O)CC(O)C(O)CCC(O)CC(O)CC(=O)O[C@H]1C. The second-order valence-corrected chi connectivity index (χ2v) is 17.1. The summed E-state index contributed by atoms with van der Waals surface area (Å²) in [4.78, 5) is 25.2. The summed E-state index contributed by atoms with van der Waals surface area (Å²) in [5.41, 5.74) is 0. The number of aliphatic carboxylic acids is 1. The zero-order valence-electron chi connectivity index (χ0n) is 38.2. The Morgan fingerprint density at radius 1 is 0.697 bits per heavy atom. The molecule has 2 rings (SSSR count). The molecule has 0 saturated carbocycles. The van der Waals surface area contributed by atoms with E-state index in [-0.39, 0.29) is 63.9 Å². The Morgan fingerprint density at radius 3 is 1.85 bits per heavy atom. The van der Waals surface area contributed by atoms with Crippen LogP contribution < -0.4 is 0 Å². The molecule has 12 N–H and O–H groups in total. The molecule has 0 amide bonds. The van der Waals surface area contributed by atoms with Crippen LogP contribution in [0.15, 0.2) is 85.1 Å². The van der Waals surface area contributed by atoms with Crippen molar-refractivity contribution >= 4 is 11.9 Å². The molecule has 0 aromatic heterocycles. The second kappa shape index (κ2) is 32.3. The highest BCUT2D eigenvalue weighted by atomic mass is 16.7. The number of ether oxygens (including phenoxy) is 4. The Morgan fingerprint density at radius 2 is 1.27 bits per heavy atom. The minimum absolute atomic E-state index is 0.0677. The molecule has 2 heterocycles. The average Bonchev–Trinajstić information content (AvgIpc) is 3.25. The highest BCUT2D eigenvalue weighted by Gasteiger charge is 2.40. The van der Waals surface area contributed by atoms with E-state index in [0.29, 0.717) is 0 Å². The zero-order chi connectivity index (χ0) is 49.2. The number of carboxylic acid groups (broad SMARTS) is 1. The van der Waals surface area contributed by atoms with Gasteiger partial charge in [-0.25, -0.2) is 0 Å². The molecule has 376 valence electrons. The topological polar surface area (TPSA) is 314 Å². The first kappa shape index (κ1) is 58.7. The minimum atomic E-state index is -1.61. The summed E-state index contributed by atoms with van der Waals surface area (Å²) < 4.78 is 23.3. The van der Waals surface area contributed by atoms with E-state index >= 15 is 0 Å². The second-order valence-electron chi connectivity index (χ2n) is 17.1. The Kier molecular flexibility index (Phi) is 28.8.